The average Bonchev–Trinajstić information content (AvgIpc) is 2.64. The molecule has 0 rings (SSSR count). The topological polar surface area (TPSA) is 136 Å². The van der Waals surface area contributed by atoms with Crippen molar-refractivity contribution in [2.45, 2.75) is 120 Å². The minimum atomic E-state index is -1.32. The molecule has 44 heavy (non-hydrogen) atoms. The summed E-state index contributed by atoms with van der Waals surface area (Å²) in [6, 6.07) is 0. The second-order valence-electron chi connectivity index (χ2n) is 11.2. The molecule has 3 N–H and O–H groups in total. The first kappa shape index (κ1) is 79.1. The molecule has 3 atom stereocenters. The van der Waals surface area contributed by atoms with E-state index >= 15 is 0 Å². The number of ether oxygens (including phenoxy) is 1. The first-order chi connectivity index (χ1) is 14.9. The number of esters is 1. The van der Waals surface area contributed by atoms with E-state index in [0.29, 0.717) is 28.5 Å². The van der Waals surface area contributed by atoms with Crippen molar-refractivity contribution in [3.05, 3.63) is 0 Å². The number of aliphatic hydroxyl groups excluding tert-OH is 2. The molecule has 3 unspecified atom stereocenters. The van der Waals surface area contributed by atoms with Crippen molar-refractivity contribution in [1.29, 1.82) is 0 Å². The second-order valence-corrected chi connectivity index (χ2v) is 11.2. The van der Waals surface area contributed by atoms with Crippen LogP contribution in [0.25, 0.3) is 0 Å². The molecule has 0 heterocycles. The largest absolute Gasteiger partial charge is 1.00 e. The number of aliphatic hydroxyl groups is 2. The summed E-state index contributed by atoms with van der Waals surface area (Å²) in [5, 5.41) is 33.8. The van der Waals surface area contributed by atoms with Crippen molar-refractivity contribution in [3.63, 3.8) is 0 Å². The number of nitrogens with zero attached hydrogens (tertiary/aromatic N) is 2. The van der Waals surface area contributed by atoms with Crippen LogP contribution in [0.5, 0.6) is 0 Å². The van der Waals surface area contributed by atoms with Crippen LogP contribution < -0.4 is 40.0 Å². The molecule has 0 saturated heterocycles. The van der Waals surface area contributed by atoms with Gasteiger partial charge in [0, 0.05) is 17.3 Å². The number of likely N-dealkylation sites (N-methyl/N-ethyl adjacent to an activating group) is 2. The minimum absolute atomic E-state index is 0. The molecule has 274 valence electrons. The maximum Gasteiger partial charge on any atom is 1.00 e. The first-order valence-corrected chi connectivity index (χ1v) is 11.5. The van der Waals surface area contributed by atoms with Gasteiger partial charge in [-0.1, -0.05) is 95.0 Å². The molecule has 0 saturated carbocycles. The van der Waals surface area contributed by atoms with Gasteiger partial charge in [-0.2, -0.15) is 0 Å². The molecule has 0 aliphatic rings. The smallest absolute Gasteiger partial charge is 0.550 e. The summed E-state index contributed by atoms with van der Waals surface area (Å²) in [6.07, 6.45) is -0.160. The molecule has 10 nitrogen and oxygen atoms in total. The van der Waals surface area contributed by atoms with E-state index in [9.17, 15) is 24.6 Å². The maximum absolute atomic E-state index is 12.9. The molecular formula is C33H86N3NaO7+2. The Hall–Kier alpha value is -0.750. The third-order valence-corrected chi connectivity index (χ3v) is 5.57. The number of carboxylic acid groups (broad SMARTS) is 1. The van der Waals surface area contributed by atoms with Gasteiger partial charge in [0.15, 0.2) is 12.8 Å². The van der Waals surface area contributed by atoms with Gasteiger partial charge < -0.3 is 39.1 Å². The molecule has 0 bridgehead atoms. The summed E-state index contributed by atoms with van der Waals surface area (Å²) < 4.78 is 5.92. The van der Waals surface area contributed by atoms with Crippen molar-refractivity contribution in [1.82, 2.24) is 5.32 Å². The van der Waals surface area contributed by atoms with Crippen LogP contribution in [0.2, 0.25) is 0 Å². The summed E-state index contributed by atoms with van der Waals surface area (Å²) in [6.45, 7) is 5.93. The Bertz CT molecular complexity index is 656. The number of hydrogen-bond acceptors (Lipinski definition) is 7. The van der Waals surface area contributed by atoms with Crippen LogP contribution in [-0.2, 0) is 19.1 Å². The standard InChI is InChI=1S/C23H45N3O7.10CH4.Na/c1-9-17(21(31)33-11-10-27)12-18(20(29)30)13-23(2,3)22(32)24-16-26(7,8)15-19(28)14-25(4,5)6;;;;;;;;;;;/h17-19,27-28H,9-16H2,1-8H3;10*1H4;/q;;;;;;;;;;;+1/p+1. The van der Waals surface area contributed by atoms with E-state index in [1.807, 2.05) is 35.2 Å². The molecular weight excluding hydrogens is 573 g/mol. The van der Waals surface area contributed by atoms with Gasteiger partial charge in [0.1, 0.15) is 19.7 Å². The van der Waals surface area contributed by atoms with Crippen LogP contribution in [0.1, 0.15) is 114 Å². The van der Waals surface area contributed by atoms with Crippen molar-refractivity contribution in [3.8, 4) is 0 Å². The summed E-state index contributed by atoms with van der Waals surface area (Å²) in [4.78, 5) is 36.8. The number of nitrogens with one attached hydrogen (secondary N) is 1. The Labute approximate surface area is 300 Å². The molecule has 0 aliphatic heterocycles. The predicted molar refractivity (Wildman–Crippen MR) is 190 cm³/mol. The van der Waals surface area contributed by atoms with E-state index in [-0.39, 0.29) is 142 Å². The number of aliphatic carboxylic acids is 1. The van der Waals surface area contributed by atoms with Gasteiger partial charge in [-0.05, 0) is 19.3 Å². The van der Waals surface area contributed by atoms with Gasteiger partial charge in [-0.25, -0.2) is 0 Å². The molecule has 0 radical (unpaired) electrons. The molecule has 11 heteroatoms. The Morgan fingerprint density at radius 1 is 0.841 bits per heavy atom. The third-order valence-electron chi connectivity index (χ3n) is 5.57. The number of hydrogen-bond donors (Lipinski definition) is 3. The van der Waals surface area contributed by atoms with Gasteiger partial charge >= 0.3 is 35.5 Å². The molecule has 1 amide bonds. The number of quaternary nitrogens is 2. The first-order valence-electron chi connectivity index (χ1n) is 11.5. The van der Waals surface area contributed by atoms with E-state index in [4.69, 9.17) is 9.84 Å². The van der Waals surface area contributed by atoms with Gasteiger partial charge in [-0.15, -0.1) is 0 Å². The van der Waals surface area contributed by atoms with E-state index in [2.05, 4.69) is 5.32 Å². The fourth-order valence-electron chi connectivity index (χ4n) is 3.86. The van der Waals surface area contributed by atoms with E-state index in [1.165, 1.54) is 0 Å². The number of carbonyl (C=O) groups excluding carboxylic acids is 3. The van der Waals surface area contributed by atoms with Crippen molar-refractivity contribution in [2.75, 3.05) is 68.2 Å². The van der Waals surface area contributed by atoms with Crippen molar-refractivity contribution < 1.29 is 73.0 Å². The van der Waals surface area contributed by atoms with Crippen LogP contribution >= 0.6 is 0 Å². The molecule has 0 aromatic rings. The summed E-state index contributed by atoms with van der Waals surface area (Å²) >= 11 is 0. The summed E-state index contributed by atoms with van der Waals surface area (Å²) in [5.41, 5.74) is -1.01. The number of amides is 1. The average molecular weight is 660 g/mol. The minimum Gasteiger partial charge on any atom is -0.550 e. The fourth-order valence-corrected chi connectivity index (χ4v) is 3.86. The van der Waals surface area contributed by atoms with Crippen molar-refractivity contribution in [2.24, 2.45) is 17.3 Å². The molecule has 0 aromatic carbocycles. The van der Waals surface area contributed by atoms with E-state index in [1.54, 1.807) is 20.8 Å². The normalized spacial score (nSPS) is 11.6. The van der Waals surface area contributed by atoms with Crippen LogP contribution in [0, 0.1) is 17.3 Å². The van der Waals surface area contributed by atoms with E-state index < -0.39 is 35.3 Å². The summed E-state index contributed by atoms with van der Waals surface area (Å²) in [7, 11) is 9.80. The molecule has 0 fully saturated rings. The second kappa shape index (κ2) is 35.1. The Kier molecular flexibility index (Phi) is 63.1. The zero-order valence-corrected chi connectivity index (χ0v) is 24.7. The SMILES string of the molecule is C.C.C.C.C.C.C.C.C.C.CCC(CC(CC(C)(C)C(=O)NC[N+](C)(C)CC(O)C[N+](C)(C)C)C(=O)[O-])C(=O)OCCO.[Na+]. The monoisotopic (exact) mass is 660 g/mol. The van der Waals surface area contributed by atoms with Crippen LogP contribution in [0.3, 0.4) is 0 Å². The molecule has 0 aliphatic carbocycles. The quantitative estimate of drug-likeness (QED) is 0.100. The van der Waals surface area contributed by atoms with Gasteiger partial charge in [0.25, 0.3) is 0 Å². The Morgan fingerprint density at radius 3 is 1.61 bits per heavy atom. The van der Waals surface area contributed by atoms with Crippen LogP contribution in [0.4, 0.5) is 0 Å². The Morgan fingerprint density at radius 2 is 1.27 bits per heavy atom. The molecule has 0 spiro atoms. The van der Waals surface area contributed by atoms with Gasteiger partial charge in [0.2, 0.25) is 5.91 Å². The van der Waals surface area contributed by atoms with Crippen molar-refractivity contribution >= 4 is 17.8 Å². The van der Waals surface area contributed by atoms with Gasteiger partial charge in [-0.3, -0.25) is 9.59 Å². The summed E-state index contributed by atoms with van der Waals surface area (Å²) in [5.74, 6) is -3.85. The fraction of sp³-hybridized carbons (Fsp3) is 0.909. The van der Waals surface area contributed by atoms with Crippen LogP contribution in [0.15, 0.2) is 0 Å². The molecule has 0 aromatic heterocycles. The maximum atomic E-state index is 12.9. The van der Waals surface area contributed by atoms with E-state index in [0.717, 1.165) is 0 Å². The zero-order valence-electron chi connectivity index (χ0n) is 22.7. The van der Waals surface area contributed by atoms with Gasteiger partial charge in [0.05, 0.1) is 47.8 Å². The third kappa shape index (κ3) is 34.1. The number of rotatable bonds is 16. The number of carbonyl (C=O) groups is 3. The zero-order chi connectivity index (χ0) is 26.0. The Balaban J connectivity index is -0.0000000931. The predicted octanol–water partition coefficient (Wildman–Crippen LogP) is 2.30. The number of carboxylic acids is 1. The van der Waals surface area contributed by atoms with Crippen LogP contribution in [-0.4, -0.2) is 111 Å².